The van der Waals surface area contributed by atoms with Gasteiger partial charge in [-0.05, 0) is 45.0 Å². The number of carbonyl (C=O) groups is 2. The Hall–Kier alpha value is -3.35. The lowest BCUT2D eigenvalue weighted by atomic mass is 10.2. The van der Waals surface area contributed by atoms with E-state index in [9.17, 15) is 9.59 Å². The normalized spacial score (nSPS) is 11.3. The summed E-state index contributed by atoms with van der Waals surface area (Å²) in [4.78, 5) is 22.9. The topological polar surface area (TPSA) is 75.3 Å². The van der Waals surface area contributed by atoms with E-state index < -0.39 is 5.97 Å². The molecule has 146 valence electrons. The zero-order chi connectivity index (χ0) is 20.3. The molecule has 0 aliphatic rings. The molecular formula is C21H23N3O4. The third-order valence-corrected chi connectivity index (χ3v) is 4.24. The predicted octanol–water partition coefficient (Wildman–Crippen LogP) is 3.22. The van der Waals surface area contributed by atoms with Gasteiger partial charge in [0.15, 0.2) is 5.78 Å². The van der Waals surface area contributed by atoms with Gasteiger partial charge in [-0.1, -0.05) is 0 Å². The van der Waals surface area contributed by atoms with E-state index in [1.807, 2.05) is 49.0 Å². The summed E-state index contributed by atoms with van der Waals surface area (Å²) in [6, 6.07) is 7.66. The van der Waals surface area contributed by atoms with Gasteiger partial charge in [0.2, 0.25) is 0 Å². The van der Waals surface area contributed by atoms with Crippen molar-refractivity contribution in [3.63, 3.8) is 0 Å². The maximum Gasteiger partial charge on any atom is 0.330 e. The average molecular weight is 381 g/mol. The molecule has 0 unspecified atom stereocenters. The minimum absolute atomic E-state index is 0.0323. The predicted molar refractivity (Wildman–Crippen MR) is 107 cm³/mol. The lowest BCUT2D eigenvalue weighted by Crippen LogP contribution is -2.07. The Morgan fingerprint density at radius 2 is 2.04 bits per heavy atom. The van der Waals surface area contributed by atoms with Crippen molar-refractivity contribution in [1.82, 2.24) is 14.3 Å². The number of rotatable bonds is 7. The zero-order valence-corrected chi connectivity index (χ0v) is 16.4. The molecule has 2 heterocycles. The number of aromatic nitrogens is 3. The SMILES string of the molecule is CCOC(=O)C=Cc1c(C)nn(C)c1-n1ccc2ccc(OCC(C)=O)cc21. The summed E-state index contributed by atoms with van der Waals surface area (Å²) >= 11 is 0. The van der Waals surface area contributed by atoms with Crippen LogP contribution >= 0.6 is 0 Å². The highest BCUT2D eigenvalue weighted by atomic mass is 16.5. The van der Waals surface area contributed by atoms with Crippen molar-refractivity contribution in [2.24, 2.45) is 7.05 Å². The maximum atomic E-state index is 11.7. The number of nitrogens with zero attached hydrogens (tertiary/aromatic N) is 3. The molecule has 0 atom stereocenters. The number of ketones is 1. The highest BCUT2D eigenvalue weighted by Crippen LogP contribution is 2.28. The summed E-state index contributed by atoms with van der Waals surface area (Å²) in [6.45, 7) is 5.51. The van der Waals surface area contributed by atoms with Gasteiger partial charge in [-0.3, -0.25) is 9.48 Å². The Kier molecular flexibility index (Phi) is 5.63. The van der Waals surface area contributed by atoms with Crippen LogP contribution in [0.3, 0.4) is 0 Å². The monoisotopic (exact) mass is 381 g/mol. The number of hydrogen-bond acceptors (Lipinski definition) is 5. The van der Waals surface area contributed by atoms with Crippen molar-refractivity contribution in [2.75, 3.05) is 13.2 Å². The Morgan fingerprint density at radius 1 is 1.25 bits per heavy atom. The Labute approximate surface area is 163 Å². The number of benzene rings is 1. The van der Waals surface area contributed by atoms with Crippen LogP contribution in [0.25, 0.3) is 22.8 Å². The highest BCUT2D eigenvalue weighted by molar-refractivity contribution is 5.89. The van der Waals surface area contributed by atoms with Crippen molar-refractivity contribution in [1.29, 1.82) is 0 Å². The molecule has 0 amide bonds. The summed E-state index contributed by atoms with van der Waals surface area (Å²) in [5.74, 6) is 1.00. The van der Waals surface area contributed by atoms with Crippen LogP contribution in [-0.4, -0.2) is 39.3 Å². The summed E-state index contributed by atoms with van der Waals surface area (Å²) < 4.78 is 14.3. The fraction of sp³-hybridized carbons (Fsp3) is 0.286. The summed E-state index contributed by atoms with van der Waals surface area (Å²) in [5.41, 5.74) is 2.53. The van der Waals surface area contributed by atoms with Crippen LogP contribution in [0.1, 0.15) is 25.1 Å². The first-order chi connectivity index (χ1) is 13.4. The molecule has 2 aromatic heterocycles. The molecule has 0 saturated carbocycles. The van der Waals surface area contributed by atoms with Gasteiger partial charge in [0.1, 0.15) is 18.2 Å². The van der Waals surface area contributed by atoms with E-state index in [4.69, 9.17) is 9.47 Å². The van der Waals surface area contributed by atoms with E-state index in [0.717, 1.165) is 28.0 Å². The van der Waals surface area contributed by atoms with Gasteiger partial charge in [0, 0.05) is 36.3 Å². The van der Waals surface area contributed by atoms with Gasteiger partial charge in [-0.25, -0.2) is 4.79 Å². The van der Waals surface area contributed by atoms with E-state index in [2.05, 4.69) is 5.10 Å². The minimum Gasteiger partial charge on any atom is -0.486 e. The molecule has 0 aliphatic carbocycles. The van der Waals surface area contributed by atoms with Crippen molar-refractivity contribution in [2.45, 2.75) is 20.8 Å². The Bertz CT molecular complexity index is 1060. The first-order valence-electron chi connectivity index (χ1n) is 9.03. The van der Waals surface area contributed by atoms with Crippen LogP contribution in [0.4, 0.5) is 0 Å². The molecule has 0 aliphatic heterocycles. The smallest absolute Gasteiger partial charge is 0.330 e. The minimum atomic E-state index is -0.394. The number of ether oxygens (including phenoxy) is 2. The van der Waals surface area contributed by atoms with Gasteiger partial charge in [0.25, 0.3) is 0 Å². The largest absolute Gasteiger partial charge is 0.486 e. The van der Waals surface area contributed by atoms with Crippen molar-refractivity contribution < 1.29 is 19.1 Å². The van der Waals surface area contributed by atoms with E-state index in [1.54, 1.807) is 17.7 Å². The van der Waals surface area contributed by atoms with E-state index in [1.165, 1.54) is 13.0 Å². The number of fused-ring (bicyclic) bond motifs is 1. The van der Waals surface area contributed by atoms with Gasteiger partial charge in [0.05, 0.1) is 17.8 Å². The second-order valence-corrected chi connectivity index (χ2v) is 6.43. The molecule has 7 nitrogen and oxygen atoms in total. The fourth-order valence-electron chi connectivity index (χ4n) is 3.05. The van der Waals surface area contributed by atoms with Crippen LogP contribution in [0.5, 0.6) is 5.75 Å². The maximum absolute atomic E-state index is 11.7. The summed E-state index contributed by atoms with van der Waals surface area (Å²) in [7, 11) is 1.85. The molecule has 1 aromatic carbocycles. The van der Waals surface area contributed by atoms with Crippen LogP contribution in [0, 0.1) is 6.92 Å². The molecule has 0 radical (unpaired) electrons. The third kappa shape index (κ3) is 3.98. The van der Waals surface area contributed by atoms with Crippen LogP contribution in [0.15, 0.2) is 36.5 Å². The molecule has 7 heteroatoms. The lowest BCUT2D eigenvalue weighted by molar-refractivity contribution is -0.137. The van der Waals surface area contributed by atoms with Crippen molar-refractivity contribution in [3.8, 4) is 11.6 Å². The van der Waals surface area contributed by atoms with Crippen LogP contribution in [0.2, 0.25) is 0 Å². The van der Waals surface area contributed by atoms with Gasteiger partial charge in [-0.2, -0.15) is 5.10 Å². The molecular weight excluding hydrogens is 358 g/mol. The molecule has 0 spiro atoms. The second kappa shape index (κ2) is 8.12. The number of aryl methyl sites for hydroxylation is 2. The third-order valence-electron chi connectivity index (χ3n) is 4.24. The first kappa shape index (κ1) is 19.4. The Balaban J connectivity index is 2.05. The number of carbonyl (C=O) groups excluding carboxylic acids is 2. The lowest BCUT2D eigenvalue weighted by Gasteiger charge is -2.09. The summed E-state index contributed by atoms with van der Waals surface area (Å²) in [5, 5.41) is 5.52. The highest BCUT2D eigenvalue weighted by Gasteiger charge is 2.16. The van der Waals surface area contributed by atoms with E-state index in [-0.39, 0.29) is 12.4 Å². The zero-order valence-electron chi connectivity index (χ0n) is 16.4. The first-order valence-corrected chi connectivity index (χ1v) is 9.03. The quantitative estimate of drug-likeness (QED) is 0.464. The van der Waals surface area contributed by atoms with E-state index in [0.29, 0.717) is 12.4 Å². The molecule has 3 rings (SSSR count). The Morgan fingerprint density at radius 3 is 2.75 bits per heavy atom. The molecule has 0 bridgehead atoms. The van der Waals surface area contributed by atoms with Gasteiger partial charge in [-0.15, -0.1) is 0 Å². The van der Waals surface area contributed by atoms with Crippen molar-refractivity contribution in [3.05, 3.63) is 47.8 Å². The molecule has 0 N–H and O–H groups in total. The molecule has 0 saturated heterocycles. The number of Topliss-reactive ketones (excluding diaryl/α,β-unsaturated/α-hetero) is 1. The standard InChI is InChI=1S/C21H23N3O4/c1-5-27-20(26)9-8-18-15(3)22-23(4)21(18)24-11-10-16-6-7-17(12-19(16)24)28-13-14(2)25/h6-12H,5,13H2,1-4H3. The van der Waals surface area contributed by atoms with Crippen LogP contribution in [-0.2, 0) is 21.4 Å². The number of esters is 1. The van der Waals surface area contributed by atoms with Crippen molar-refractivity contribution >= 4 is 28.7 Å². The number of hydrogen-bond donors (Lipinski definition) is 0. The second-order valence-electron chi connectivity index (χ2n) is 6.43. The molecule has 28 heavy (non-hydrogen) atoms. The summed E-state index contributed by atoms with van der Waals surface area (Å²) in [6.07, 6.45) is 5.07. The van der Waals surface area contributed by atoms with Gasteiger partial charge >= 0.3 is 5.97 Å². The van der Waals surface area contributed by atoms with E-state index >= 15 is 0 Å². The van der Waals surface area contributed by atoms with Gasteiger partial charge < -0.3 is 14.0 Å². The average Bonchev–Trinajstić information content (AvgIpc) is 3.17. The molecule has 3 aromatic rings. The molecule has 0 fully saturated rings. The van der Waals surface area contributed by atoms with Crippen LogP contribution < -0.4 is 4.74 Å². The fourth-order valence-corrected chi connectivity index (χ4v) is 3.05.